The van der Waals surface area contributed by atoms with Crippen molar-refractivity contribution >= 4 is 5.97 Å². The molecule has 0 unspecified atom stereocenters. The molecule has 1 heterocycles. The number of aliphatic carboxylic acids is 1. The standard InChI is InChI=1S/C18H15NO3/c20-18(21)17(14-8-2-1-3-9-14)22-16-11-5-4-10-15(16)19-12-6-7-13-19/h1-13,17H,(H,20,21)/t17-/m1/s1. The second kappa shape index (κ2) is 6.18. The number of para-hydroxylation sites is 2. The Morgan fingerprint density at radius 1 is 0.909 bits per heavy atom. The maximum absolute atomic E-state index is 11.6. The minimum Gasteiger partial charge on any atom is -0.478 e. The number of carbonyl (C=O) groups is 1. The molecule has 3 aromatic rings. The average Bonchev–Trinajstić information content (AvgIpc) is 3.08. The first-order chi connectivity index (χ1) is 10.8. The van der Waals surface area contributed by atoms with E-state index in [1.165, 1.54) is 0 Å². The Bertz CT molecular complexity index is 751. The van der Waals surface area contributed by atoms with E-state index in [1.807, 2.05) is 53.4 Å². The van der Waals surface area contributed by atoms with Crippen LogP contribution in [0.3, 0.4) is 0 Å². The highest BCUT2D eigenvalue weighted by molar-refractivity contribution is 5.75. The van der Waals surface area contributed by atoms with E-state index < -0.39 is 12.1 Å². The lowest BCUT2D eigenvalue weighted by Gasteiger charge is -2.18. The van der Waals surface area contributed by atoms with Gasteiger partial charge in [-0.3, -0.25) is 0 Å². The molecule has 0 aliphatic carbocycles. The number of rotatable bonds is 5. The predicted octanol–water partition coefficient (Wildman–Crippen LogP) is 3.68. The van der Waals surface area contributed by atoms with Gasteiger partial charge in [0, 0.05) is 18.0 Å². The zero-order valence-corrected chi connectivity index (χ0v) is 11.8. The normalized spacial score (nSPS) is 11.8. The number of carboxylic acids is 1. The Morgan fingerprint density at radius 2 is 1.55 bits per heavy atom. The minimum atomic E-state index is -1.04. The molecule has 0 fully saturated rings. The molecule has 4 nitrogen and oxygen atoms in total. The van der Waals surface area contributed by atoms with Gasteiger partial charge in [0.15, 0.2) is 0 Å². The van der Waals surface area contributed by atoms with Gasteiger partial charge >= 0.3 is 5.97 Å². The zero-order chi connectivity index (χ0) is 15.4. The van der Waals surface area contributed by atoms with E-state index in [4.69, 9.17) is 4.74 Å². The highest BCUT2D eigenvalue weighted by Gasteiger charge is 2.22. The molecule has 4 heteroatoms. The summed E-state index contributed by atoms with van der Waals surface area (Å²) in [6.45, 7) is 0. The first-order valence-corrected chi connectivity index (χ1v) is 6.92. The molecule has 1 atom stereocenters. The number of hydrogen-bond acceptors (Lipinski definition) is 2. The van der Waals surface area contributed by atoms with Crippen molar-refractivity contribution in [1.29, 1.82) is 0 Å². The molecule has 22 heavy (non-hydrogen) atoms. The highest BCUT2D eigenvalue weighted by atomic mass is 16.5. The molecule has 110 valence electrons. The summed E-state index contributed by atoms with van der Waals surface area (Å²) in [5, 5.41) is 9.48. The van der Waals surface area contributed by atoms with Gasteiger partial charge in [-0.15, -0.1) is 0 Å². The predicted molar refractivity (Wildman–Crippen MR) is 83.2 cm³/mol. The number of ether oxygens (including phenoxy) is 1. The number of hydrogen-bond donors (Lipinski definition) is 1. The SMILES string of the molecule is O=C(O)[C@H](Oc1ccccc1-n1cccc1)c1ccccc1. The quantitative estimate of drug-likeness (QED) is 0.780. The summed E-state index contributed by atoms with van der Waals surface area (Å²) in [7, 11) is 0. The summed E-state index contributed by atoms with van der Waals surface area (Å²) in [5.74, 6) is -0.497. The van der Waals surface area contributed by atoms with E-state index >= 15 is 0 Å². The summed E-state index contributed by atoms with van der Waals surface area (Å²) >= 11 is 0. The molecule has 2 aromatic carbocycles. The molecule has 0 saturated heterocycles. The summed E-state index contributed by atoms with van der Waals surface area (Å²) in [4.78, 5) is 11.6. The molecular weight excluding hydrogens is 278 g/mol. The van der Waals surface area contributed by atoms with E-state index in [0.717, 1.165) is 5.69 Å². The third-order valence-corrected chi connectivity index (χ3v) is 3.32. The van der Waals surface area contributed by atoms with E-state index in [-0.39, 0.29) is 0 Å². The minimum absolute atomic E-state index is 0.523. The third-order valence-electron chi connectivity index (χ3n) is 3.32. The molecular formula is C18H15NO3. The topological polar surface area (TPSA) is 51.5 Å². The lowest BCUT2D eigenvalue weighted by Crippen LogP contribution is -2.18. The summed E-state index contributed by atoms with van der Waals surface area (Å²) in [5.41, 5.74) is 1.41. The molecule has 0 spiro atoms. The fraction of sp³-hybridized carbons (Fsp3) is 0.0556. The van der Waals surface area contributed by atoms with Crippen molar-refractivity contribution in [2.45, 2.75) is 6.10 Å². The van der Waals surface area contributed by atoms with Crippen LogP contribution in [0.25, 0.3) is 5.69 Å². The maximum Gasteiger partial charge on any atom is 0.349 e. The molecule has 0 radical (unpaired) electrons. The zero-order valence-electron chi connectivity index (χ0n) is 11.8. The van der Waals surface area contributed by atoms with Gasteiger partial charge in [0.1, 0.15) is 5.75 Å². The van der Waals surface area contributed by atoms with E-state index in [9.17, 15) is 9.90 Å². The fourth-order valence-electron chi connectivity index (χ4n) is 2.28. The van der Waals surface area contributed by atoms with Crippen LogP contribution in [0.4, 0.5) is 0 Å². The third kappa shape index (κ3) is 2.86. The largest absolute Gasteiger partial charge is 0.478 e. The smallest absolute Gasteiger partial charge is 0.349 e. The highest BCUT2D eigenvalue weighted by Crippen LogP contribution is 2.28. The van der Waals surface area contributed by atoms with Crippen LogP contribution >= 0.6 is 0 Å². The van der Waals surface area contributed by atoms with Crippen molar-refractivity contribution in [1.82, 2.24) is 4.57 Å². The Morgan fingerprint density at radius 3 is 2.23 bits per heavy atom. The molecule has 1 aromatic heterocycles. The van der Waals surface area contributed by atoms with Gasteiger partial charge in [-0.05, 0) is 24.3 Å². The monoisotopic (exact) mass is 293 g/mol. The lowest BCUT2D eigenvalue weighted by molar-refractivity contribution is -0.145. The molecule has 0 aliphatic heterocycles. The van der Waals surface area contributed by atoms with Crippen LogP contribution in [-0.4, -0.2) is 15.6 Å². The summed E-state index contributed by atoms with van der Waals surface area (Å²) < 4.78 is 7.68. The van der Waals surface area contributed by atoms with Gasteiger partial charge in [0.05, 0.1) is 5.69 Å². The number of aromatic nitrogens is 1. The first kappa shape index (κ1) is 13.9. The van der Waals surface area contributed by atoms with Gasteiger partial charge < -0.3 is 14.4 Å². The van der Waals surface area contributed by atoms with Crippen LogP contribution in [0.5, 0.6) is 5.75 Å². The van der Waals surface area contributed by atoms with Crippen LogP contribution in [0, 0.1) is 0 Å². The van der Waals surface area contributed by atoms with Gasteiger partial charge in [0.2, 0.25) is 6.10 Å². The van der Waals surface area contributed by atoms with Gasteiger partial charge in [0.25, 0.3) is 0 Å². The van der Waals surface area contributed by atoms with Crippen LogP contribution in [-0.2, 0) is 4.79 Å². The van der Waals surface area contributed by atoms with E-state index in [0.29, 0.717) is 11.3 Å². The number of carboxylic acid groups (broad SMARTS) is 1. The van der Waals surface area contributed by atoms with Gasteiger partial charge in [-0.1, -0.05) is 42.5 Å². The molecule has 1 N–H and O–H groups in total. The van der Waals surface area contributed by atoms with Gasteiger partial charge in [-0.25, -0.2) is 4.79 Å². The number of nitrogens with zero attached hydrogens (tertiary/aromatic N) is 1. The van der Waals surface area contributed by atoms with Crippen LogP contribution in [0.2, 0.25) is 0 Å². The van der Waals surface area contributed by atoms with E-state index in [1.54, 1.807) is 30.3 Å². The van der Waals surface area contributed by atoms with Crippen molar-refractivity contribution in [3.63, 3.8) is 0 Å². The fourth-order valence-corrected chi connectivity index (χ4v) is 2.28. The maximum atomic E-state index is 11.6. The number of benzene rings is 2. The second-order valence-corrected chi connectivity index (χ2v) is 4.80. The summed E-state index contributed by atoms with van der Waals surface area (Å²) in [6.07, 6.45) is 2.74. The molecule has 0 aliphatic rings. The van der Waals surface area contributed by atoms with Crippen molar-refractivity contribution in [2.75, 3.05) is 0 Å². The Kier molecular flexibility index (Phi) is 3.92. The molecule has 0 amide bonds. The van der Waals surface area contributed by atoms with Crippen LogP contribution < -0.4 is 4.74 Å². The van der Waals surface area contributed by atoms with Gasteiger partial charge in [-0.2, -0.15) is 0 Å². The van der Waals surface area contributed by atoms with Crippen molar-refractivity contribution < 1.29 is 14.6 Å². The van der Waals surface area contributed by atoms with Crippen molar-refractivity contribution in [3.05, 3.63) is 84.7 Å². The van der Waals surface area contributed by atoms with E-state index in [2.05, 4.69) is 0 Å². The Hall–Kier alpha value is -3.01. The Labute approximate surface area is 128 Å². The van der Waals surface area contributed by atoms with Crippen LogP contribution in [0.1, 0.15) is 11.7 Å². The Balaban J connectivity index is 1.96. The first-order valence-electron chi connectivity index (χ1n) is 6.92. The van der Waals surface area contributed by atoms with Crippen LogP contribution in [0.15, 0.2) is 79.1 Å². The molecule has 0 bridgehead atoms. The second-order valence-electron chi connectivity index (χ2n) is 4.80. The molecule has 3 rings (SSSR count). The van der Waals surface area contributed by atoms with Crippen molar-refractivity contribution in [2.24, 2.45) is 0 Å². The average molecular weight is 293 g/mol. The molecule has 0 saturated carbocycles. The lowest BCUT2D eigenvalue weighted by atomic mass is 10.1. The summed E-state index contributed by atoms with van der Waals surface area (Å²) in [6, 6.07) is 20.1. The van der Waals surface area contributed by atoms with Crippen molar-refractivity contribution in [3.8, 4) is 11.4 Å².